The van der Waals surface area contributed by atoms with Gasteiger partial charge in [-0.1, -0.05) is 13.3 Å². The lowest BCUT2D eigenvalue weighted by Crippen LogP contribution is -2.34. The van der Waals surface area contributed by atoms with Gasteiger partial charge in [-0.25, -0.2) is 9.18 Å². The van der Waals surface area contributed by atoms with Gasteiger partial charge in [-0.2, -0.15) is 0 Å². The van der Waals surface area contributed by atoms with Crippen LogP contribution in [-0.4, -0.2) is 36.9 Å². The third kappa shape index (κ3) is 7.06. The molecule has 0 spiro atoms. The monoisotopic (exact) mass is 472 g/mol. The Balaban J connectivity index is 1.59. The molecule has 33 heavy (non-hydrogen) atoms. The van der Waals surface area contributed by atoms with Crippen molar-refractivity contribution in [2.75, 3.05) is 6.61 Å². The Labute approximate surface area is 188 Å². The maximum absolute atomic E-state index is 13.8. The average molecular weight is 472 g/mol. The molecule has 2 aromatic carbocycles. The first kappa shape index (κ1) is 24.8. The van der Waals surface area contributed by atoms with E-state index in [0.29, 0.717) is 24.8 Å². The minimum Gasteiger partial charge on any atom is -0.465 e. The summed E-state index contributed by atoms with van der Waals surface area (Å²) in [4.78, 5) is 12.3. The SMILES string of the molecule is CCCC(Oc1ccc(C(=O)Oc2ccc(OC(F)(F)F)c(F)c2)cc1)OC(C)C1(C)CO1. The number of ether oxygens (including phenoxy) is 5. The number of halogens is 4. The second-order valence-electron chi connectivity index (χ2n) is 7.77. The van der Waals surface area contributed by atoms with Crippen molar-refractivity contribution in [3.63, 3.8) is 0 Å². The third-order valence-corrected chi connectivity index (χ3v) is 5.04. The Kier molecular flexibility index (Phi) is 7.48. The summed E-state index contributed by atoms with van der Waals surface area (Å²) in [5.41, 5.74) is -0.168. The molecule has 0 bridgehead atoms. The molecule has 0 N–H and O–H groups in total. The van der Waals surface area contributed by atoms with Crippen molar-refractivity contribution in [2.24, 2.45) is 0 Å². The molecule has 1 heterocycles. The van der Waals surface area contributed by atoms with Crippen LogP contribution < -0.4 is 14.2 Å². The van der Waals surface area contributed by atoms with Crippen molar-refractivity contribution in [1.82, 2.24) is 0 Å². The molecule has 1 aliphatic heterocycles. The van der Waals surface area contributed by atoms with E-state index in [9.17, 15) is 22.4 Å². The number of carbonyl (C=O) groups excluding carboxylic acids is 1. The smallest absolute Gasteiger partial charge is 0.465 e. The van der Waals surface area contributed by atoms with Crippen LogP contribution in [-0.2, 0) is 9.47 Å². The van der Waals surface area contributed by atoms with Gasteiger partial charge in [-0.15, -0.1) is 13.2 Å². The molecular weight excluding hydrogens is 448 g/mol. The van der Waals surface area contributed by atoms with E-state index in [1.807, 2.05) is 20.8 Å². The third-order valence-electron chi connectivity index (χ3n) is 5.04. The minimum atomic E-state index is -5.04. The van der Waals surface area contributed by atoms with Crippen molar-refractivity contribution in [1.29, 1.82) is 0 Å². The van der Waals surface area contributed by atoms with Crippen molar-refractivity contribution < 1.29 is 46.0 Å². The largest absolute Gasteiger partial charge is 0.573 e. The van der Waals surface area contributed by atoms with Gasteiger partial charge in [0.2, 0.25) is 0 Å². The number of carbonyl (C=O) groups is 1. The lowest BCUT2D eigenvalue weighted by Gasteiger charge is -2.25. The highest BCUT2D eigenvalue weighted by Gasteiger charge is 2.46. The summed E-state index contributed by atoms with van der Waals surface area (Å²) in [5.74, 6) is -2.96. The van der Waals surface area contributed by atoms with Crippen LogP contribution in [0, 0.1) is 5.82 Å². The maximum atomic E-state index is 13.8. The van der Waals surface area contributed by atoms with E-state index in [1.165, 1.54) is 12.1 Å². The van der Waals surface area contributed by atoms with E-state index >= 15 is 0 Å². The molecule has 1 saturated heterocycles. The zero-order chi connectivity index (χ0) is 24.2. The summed E-state index contributed by atoms with van der Waals surface area (Å²) >= 11 is 0. The fraction of sp³-hybridized carbons (Fsp3) is 0.435. The van der Waals surface area contributed by atoms with Crippen LogP contribution in [0.4, 0.5) is 17.6 Å². The standard InChI is InChI=1S/C23H24F4O6/c1-4-5-20(30-14(2)22(3)13-29-22)31-16-8-6-15(7-9-16)21(28)32-17-10-11-19(18(24)12-17)33-23(25,26)27/h6-12,14,20H,4-5,13H2,1-3H3. The molecule has 0 amide bonds. The van der Waals surface area contributed by atoms with E-state index < -0.39 is 30.2 Å². The predicted molar refractivity (Wildman–Crippen MR) is 109 cm³/mol. The molecule has 1 aliphatic rings. The van der Waals surface area contributed by atoms with Crippen LogP contribution in [0.25, 0.3) is 0 Å². The van der Waals surface area contributed by atoms with E-state index in [-0.39, 0.29) is 23.0 Å². The predicted octanol–water partition coefficient (Wildman–Crippen LogP) is 5.64. The molecule has 3 unspecified atom stereocenters. The highest BCUT2D eigenvalue weighted by Crippen LogP contribution is 2.33. The first-order chi connectivity index (χ1) is 15.5. The number of epoxide rings is 1. The molecule has 10 heteroatoms. The number of benzene rings is 2. The fourth-order valence-electron chi connectivity index (χ4n) is 2.85. The summed E-state index contributed by atoms with van der Waals surface area (Å²) in [6.07, 6.45) is -4.20. The molecule has 0 saturated carbocycles. The number of rotatable bonds is 10. The average Bonchev–Trinajstić information content (AvgIpc) is 3.48. The first-order valence-corrected chi connectivity index (χ1v) is 10.3. The molecule has 6 nitrogen and oxygen atoms in total. The molecule has 3 atom stereocenters. The topological polar surface area (TPSA) is 66.5 Å². The Morgan fingerprint density at radius 1 is 1.15 bits per heavy atom. The highest BCUT2D eigenvalue weighted by molar-refractivity contribution is 5.91. The van der Waals surface area contributed by atoms with Crippen LogP contribution in [0.5, 0.6) is 17.2 Å². The second-order valence-corrected chi connectivity index (χ2v) is 7.77. The van der Waals surface area contributed by atoms with Crippen LogP contribution in [0.15, 0.2) is 42.5 Å². The van der Waals surface area contributed by atoms with Crippen LogP contribution in [0.1, 0.15) is 44.0 Å². The van der Waals surface area contributed by atoms with E-state index in [0.717, 1.165) is 18.6 Å². The van der Waals surface area contributed by atoms with Gasteiger partial charge < -0.3 is 23.7 Å². The lowest BCUT2D eigenvalue weighted by atomic mass is 10.1. The highest BCUT2D eigenvalue weighted by atomic mass is 19.4. The minimum absolute atomic E-state index is 0.138. The number of hydrogen-bond acceptors (Lipinski definition) is 6. The van der Waals surface area contributed by atoms with Crippen molar-refractivity contribution in [3.05, 3.63) is 53.8 Å². The normalized spacial score (nSPS) is 19.5. The molecular formula is C23H24F4O6. The van der Waals surface area contributed by atoms with Gasteiger partial charge in [0, 0.05) is 12.5 Å². The van der Waals surface area contributed by atoms with Crippen LogP contribution >= 0.6 is 0 Å². The summed E-state index contributed by atoms with van der Waals surface area (Å²) in [7, 11) is 0. The molecule has 2 aromatic rings. The Morgan fingerprint density at radius 2 is 1.79 bits per heavy atom. The summed E-state index contributed by atoms with van der Waals surface area (Å²) in [6, 6.07) is 8.38. The number of esters is 1. The van der Waals surface area contributed by atoms with E-state index in [1.54, 1.807) is 12.1 Å². The van der Waals surface area contributed by atoms with E-state index in [4.69, 9.17) is 18.9 Å². The van der Waals surface area contributed by atoms with Gasteiger partial charge in [0.1, 0.15) is 17.1 Å². The maximum Gasteiger partial charge on any atom is 0.573 e. The molecule has 180 valence electrons. The van der Waals surface area contributed by atoms with Gasteiger partial charge in [0.05, 0.1) is 18.3 Å². The molecule has 3 rings (SSSR count). The number of alkyl halides is 3. The zero-order valence-electron chi connectivity index (χ0n) is 18.3. The van der Waals surface area contributed by atoms with Crippen LogP contribution in [0.2, 0.25) is 0 Å². The summed E-state index contributed by atoms with van der Waals surface area (Å²) in [6.45, 7) is 6.52. The van der Waals surface area contributed by atoms with E-state index in [2.05, 4.69) is 4.74 Å². The number of hydrogen-bond donors (Lipinski definition) is 0. The van der Waals surface area contributed by atoms with Gasteiger partial charge >= 0.3 is 12.3 Å². The Hall–Kier alpha value is -2.85. The summed E-state index contributed by atoms with van der Waals surface area (Å²) in [5, 5.41) is 0. The molecule has 0 aliphatic carbocycles. The van der Waals surface area contributed by atoms with Crippen molar-refractivity contribution in [3.8, 4) is 17.2 Å². The zero-order valence-corrected chi connectivity index (χ0v) is 18.3. The van der Waals surface area contributed by atoms with Crippen molar-refractivity contribution in [2.45, 2.75) is 58.0 Å². The van der Waals surface area contributed by atoms with Crippen LogP contribution in [0.3, 0.4) is 0 Å². The Bertz CT molecular complexity index is 956. The summed E-state index contributed by atoms with van der Waals surface area (Å²) < 4.78 is 76.3. The van der Waals surface area contributed by atoms with Gasteiger partial charge in [-0.05, 0) is 50.2 Å². The molecule has 0 aromatic heterocycles. The quantitative estimate of drug-likeness (QED) is 0.147. The van der Waals surface area contributed by atoms with Gasteiger partial charge in [0.25, 0.3) is 0 Å². The second kappa shape index (κ2) is 9.96. The van der Waals surface area contributed by atoms with Gasteiger partial charge in [0.15, 0.2) is 17.9 Å². The Morgan fingerprint density at radius 3 is 2.33 bits per heavy atom. The lowest BCUT2D eigenvalue weighted by molar-refractivity contribution is -0.275. The van der Waals surface area contributed by atoms with Gasteiger partial charge in [-0.3, -0.25) is 0 Å². The molecule has 1 fully saturated rings. The van der Waals surface area contributed by atoms with Crippen molar-refractivity contribution >= 4 is 5.97 Å². The fourth-order valence-corrected chi connectivity index (χ4v) is 2.85. The molecule has 0 radical (unpaired) electrons. The first-order valence-electron chi connectivity index (χ1n) is 10.3.